The third-order valence-corrected chi connectivity index (χ3v) is 2.90. The Morgan fingerprint density at radius 1 is 1.12 bits per heavy atom. The number of benzene rings is 2. The van der Waals surface area contributed by atoms with Crippen molar-refractivity contribution in [3.8, 4) is 0 Å². The minimum Gasteiger partial charge on any atom is -0.398 e. The molecule has 0 aliphatic carbocycles. The number of carbonyl (C=O) groups is 1. The van der Waals surface area contributed by atoms with Crippen LogP contribution in [-0.4, -0.2) is 5.78 Å². The SMILES string of the molecule is Cc1ccc(N)c(C(=O)c2ccccc2Cl)c1. The Balaban J connectivity index is 2.51. The summed E-state index contributed by atoms with van der Waals surface area (Å²) < 4.78 is 0. The van der Waals surface area contributed by atoms with Gasteiger partial charge in [-0.3, -0.25) is 4.79 Å². The summed E-state index contributed by atoms with van der Waals surface area (Å²) in [5, 5.41) is 0.443. The minimum absolute atomic E-state index is 0.142. The van der Waals surface area contributed by atoms with Gasteiger partial charge in [-0.15, -0.1) is 0 Å². The van der Waals surface area contributed by atoms with Gasteiger partial charge in [-0.1, -0.05) is 35.4 Å². The van der Waals surface area contributed by atoms with Crippen molar-refractivity contribution in [1.29, 1.82) is 0 Å². The fourth-order valence-electron chi connectivity index (χ4n) is 1.66. The van der Waals surface area contributed by atoms with Crippen LogP contribution in [0.1, 0.15) is 21.5 Å². The first kappa shape index (κ1) is 11.7. The van der Waals surface area contributed by atoms with Crippen LogP contribution in [0.25, 0.3) is 0 Å². The van der Waals surface area contributed by atoms with Gasteiger partial charge < -0.3 is 5.73 Å². The molecule has 0 spiro atoms. The Bertz CT molecular complexity index is 578. The summed E-state index contributed by atoms with van der Waals surface area (Å²) in [6.07, 6.45) is 0. The van der Waals surface area contributed by atoms with Crippen molar-refractivity contribution < 1.29 is 4.79 Å². The van der Waals surface area contributed by atoms with Gasteiger partial charge in [-0.2, -0.15) is 0 Å². The molecule has 17 heavy (non-hydrogen) atoms. The third-order valence-electron chi connectivity index (χ3n) is 2.57. The number of aryl methyl sites for hydroxylation is 1. The van der Waals surface area contributed by atoms with Gasteiger partial charge in [0.1, 0.15) is 0 Å². The summed E-state index contributed by atoms with van der Waals surface area (Å²) >= 11 is 6.00. The molecule has 3 heteroatoms. The topological polar surface area (TPSA) is 43.1 Å². The maximum Gasteiger partial charge on any atom is 0.196 e. The van der Waals surface area contributed by atoms with E-state index in [-0.39, 0.29) is 5.78 Å². The monoisotopic (exact) mass is 245 g/mol. The first-order chi connectivity index (χ1) is 8.09. The summed E-state index contributed by atoms with van der Waals surface area (Å²) in [6.45, 7) is 1.92. The van der Waals surface area contributed by atoms with Gasteiger partial charge in [0, 0.05) is 16.8 Å². The number of anilines is 1. The van der Waals surface area contributed by atoms with Crippen LogP contribution in [-0.2, 0) is 0 Å². The maximum atomic E-state index is 12.3. The smallest absolute Gasteiger partial charge is 0.196 e. The summed E-state index contributed by atoms with van der Waals surface area (Å²) in [7, 11) is 0. The number of ketones is 1. The normalized spacial score (nSPS) is 10.2. The standard InChI is InChI=1S/C14H12ClNO/c1-9-6-7-13(16)11(8-9)14(17)10-4-2-3-5-12(10)15/h2-8H,16H2,1H3. The molecule has 0 aliphatic rings. The third kappa shape index (κ3) is 2.32. The molecular formula is C14H12ClNO. The molecule has 0 atom stereocenters. The molecule has 86 valence electrons. The lowest BCUT2D eigenvalue weighted by Crippen LogP contribution is -2.06. The van der Waals surface area contributed by atoms with E-state index in [1.165, 1.54) is 0 Å². The second-order valence-corrected chi connectivity index (χ2v) is 4.31. The summed E-state index contributed by atoms with van der Waals surface area (Å²) in [4.78, 5) is 12.3. The van der Waals surface area contributed by atoms with Crippen molar-refractivity contribution in [3.05, 3.63) is 64.2 Å². The van der Waals surface area contributed by atoms with E-state index in [9.17, 15) is 4.79 Å². The predicted molar refractivity (Wildman–Crippen MR) is 70.5 cm³/mol. The molecule has 0 amide bonds. The summed E-state index contributed by atoms with van der Waals surface area (Å²) in [5.74, 6) is -0.142. The van der Waals surface area contributed by atoms with Crippen LogP contribution in [0.3, 0.4) is 0 Å². The molecule has 0 unspecified atom stereocenters. The van der Waals surface area contributed by atoms with E-state index >= 15 is 0 Å². The van der Waals surface area contributed by atoms with E-state index in [4.69, 9.17) is 17.3 Å². The Morgan fingerprint density at radius 3 is 2.53 bits per heavy atom. The van der Waals surface area contributed by atoms with Crippen LogP contribution in [0.4, 0.5) is 5.69 Å². The van der Waals surface area contributed by atoms with Gasteiger partial charge >= 0.3 is 0 Å². The van der Waals surface area contributed by atoms with Crippen molar-refractivity contribution >= 4 is 23.1 Å². The fraction of sp³-hybridized carbons (Fsp3) is 0.0714. The molecule has 0 fully saturated rings. The van der Waals surface area contributed by atoms with Crippen LogP contribution in [0.5, 0.6) is 0 Å². The minimum atomic E-state index is -0.142. The highest BCUT2D eigenvalue weighted by Crippen LogP contribution is 2.22. The lowest BCUT2D eigenvalue weighted by Gasteiger charge is -2.07. The highest BCUT2D eigenvalue weighted by atomic mass is 35.5. The first-order valence-corrected chi connectivity index (χ1v) is 5.63. The number of halogens is 1. The van der Waals surface area contributed by atoms with Crippen molar-refractivity contribution in [1.82, 2.24) is 0 Å². The van der Waals surface area contributed by atoms with Gasteiger partial charge in [-0.25, -0.2) is 0 Å². The van der Waals surface area contributed by atoms with E-state index in [0.29, 0.717) is 21.8 Å². The van der Waals surface area contributed by atoms with E-state index in [2.05, 4.69) is 0 Å². The Morgan fingerprint density at radius 2 is 1.82 bits per heavy atom. The van der Waals surface area contributed by atoms with Crippen LogP contribution < -0.4 is 5.73 Å². The fourth-order valence-corrected chi connectivity index (χ4v) is 1.88. The molecule has 0 radical (unpaired) electrons. The zero-order valence-electron chi connectivity index (χ0n) is 9.41. The highest BCUT2D eigenvalue weighted by molar-refractivity contribution is 6.35. The van der Waals surface area contributed by atoms with E-state index in [0.717, 1.165) is 5.56 Å². The molecule has 0 aromatic heterocycles. The molecule has 0 saturated heterocycles. The van der Waals surface area contributed by atoms with Crippen molar-refractivity contribution in [3.63, 3.8) is 0 Å². The number of nitrogens with two attached hydrogens (primary N) is 1. The summed E-state index contributed by atoms with van der Waals surface area (Å²) in [6, 6.07) is 12.4. The summed E-state index contributed by atoms with van der Waals surface area (Å²) in [5.41, 5.74) is 8.26. The zero-order valence-corrected chi connectivity index (χ0v) is 10.2. The van der Waals surface area contributed by atoms with Crippen molar-refractivity contribution in [2.75, 3.05) is 5.73 Å². The maximum absolute atomic E-state index is 12.3. The quantitative estimate of drug-likeness (QED) is 0.650. The molecule has 0 bridgehead atoms. The molecule has 2 aromatic carbocycles. The van der Waals surface area contributed by atoms with E-state index in [1.807, 2.05) is 13.0 Å². The number of nitrogen functional groups attached to an aromatic ring is 1. The predicted octanol–water partition coefficient (Wildman–Crippen LogP) is 3.46. The van der Waals surface area contributed by atoms with Crippen LogP contribution >= 0.6 is 11.6 Å². The largest absolute Gasteiger partial charge is 0.398 e. The van der Waals surface area contributed by atoms with Gasteiger partial charge in [0.25, 0.3) is 0 Å². The Labute approximate surface area is 105 Å². The van der Waals surface area contributed by atoms with Gasteiger partial charge in [0.2, 0.25) is 0 Å². The molecule has 0 saturated carbocycles. The number of carbonyl (C=O) groups excluding carboxylic acids is 1. The lowest BCUT2D eigenvalue weighted by atomic mass is 10.00. The molecule has 0 aliphatic heterocycles. The Hall–Kier alpha value is -1.80. The van der Waals surface area contributed by atoms with Crippen LogP contribution in [0.2, 0.25) is 5.02 Å². The second-order valence-electron chi connectivity index (χ2n) is 3.90. The van der Waals surface area contributed by atoms with Crippen molar-refractivity contribution in [2.45, 2.75) is 6.92 Å². The Kier molecular flexibility index (Phi) is 3.16. The van der Waals surface area contributed by atoms with Crippen LogP contribution in [0.15, 0.2) is 42.5 Å². The second kappa shape index (κ2) is 4.60. The van der Waals surface area contributed by atoms with Gasteiger partial charge in [-0.05, 0) is 31.2 Å². The number of hydrogen-bond donors (Lipinski definition) is 1. The average Bonchev–Trinajstić information content (AvgIpc) is 2.32. The number of hydrogen-bond acceptors (Lipinski definition) is 2. The van der Waals surface area contributed by atoms with E-state index in [1.54, 1.807) is 36.4 Å². The lowest BCUT2D eigenvalue weighted by molar-refractivity contribution is 0.103. The molecule has 0 heterocycles. The molecule has 2 N–H and O–H groups in total. The first-order valence-electron chi connectivity index (χ1n) is 5.25. The van der Waals surface area contributed by atoms with Gasteiger partial charge in [0.15, 0.2) is 5.78 Å². The molecule has 2 aromatic rings. The van der Waals surface area contributed by atoms with E-state index < -0.39 is 0 Å². The van der Waals surface area contributed by atoms with Gasteiger partial charge in [0.05, 0.1) is 5.02 Å². The highest BCUT2D eigenvalue weighted by Gasteiger charge is 2.14. The molecule has 2 rings (SSSR count). The molecule has 2 nitrogen and oxygen atoms in total. The van der Waals surface area contributed by atoms with Crippen molar-refractivity contribution in [2.24, 2.45) is 0 Å². The average molecular weight is 246 g/mol. The zero-order chi connectivity index (χ0) is 12.4. The number of rotatable bonds is 2. The van der Waals surface area contributed by atoms with Crippen LogP contribution in [0, 0.1) is 6.92 Å². The molecular weight excluding hydrogens is 234 g/mol.